The van der Waals surface area contributed by atoms with Crippen LogP contribution in [0.3, 0.4) is 0 Å². The number of amides is 1. The highest BCUT2D eigenvalue weighted by atomic mass is 16.2. The van der Waals surface area contributed by atoms with Gasteiger partial charge in [-0.1, -0.05) is 6.92 Å². The van der Waals surface area contributed by atoms with Gasteiger partial charge in [0.05, 0.1) is 5.69 Å². The molecule has 5 nitrogen and oxygen atoms in total. The molecular weight excluding hydrogens is 264 g/mol. The average molecular weight is 292 g/mol. The molecule has 2 N–H and O–H groups in total. The van der Waals surface area contributed by atoms with E-state index in [2.05, 4.69) is 25.7 Å². The van der Waals surface area contributed by atoms with Crippen LogP contribution in [-0.4, -0.2) is 53.0 Å². The molecule has 1 amide bonds. The first kappa shape index (κ1) is 15.9. The molecule has 1 aliphatic rings. The number of hydrogen-bond donors (Lipinski definition) is 1. The summed E-state index contributed by atoms with van der Waals surface area (Å²) in [4.78, 5) is 17.0. The molecule has 0 radical (unpaired) electrons. The summed E-state index contributed by atoms with van der Waals surface area (Å²) in [6, 6.07) is 2.50. The molecule has 0 aromatic carbocycles. The maximum Gasteiger partial charge on any atom is 0.270 e. The monoisotopic (exact) mass is 292 g/mol. The summed E-state index contributed by atoms with van der Waals surface area (Å²) in [5.74, 6) is 0.0587. The Morgan fingerprint density at radius 2 is 2.24 bits per heavy atom. The molecule has 0 aliphatic carbocycles. The molecule has 21 heavy (non-hydrogen) atoms. The number of likely N-dealkylation sites (N-methyl/N-ethyl adjacent to an activating group) is 2. The van der Waals surface area contributed by atoms with E-state index in [4.69, 9.17) is 5.73 Å². The smallest absolute Gasteiger partial charge is 0.270 e. The van der Waals surface area contributed by atoms with Crippen molar-refractivity contribution < 1.29 is 4.79 Å². The maximum atomic E-state index is 12.7. The molecule has 1 aliphatic heterocycles. The summed E-state index contributed by atoms with van der Waals surface area (Å²) in [5, 5.41) is 0. The van der Waals surface area contributed by atoms with Gasteiger partial charge in [-0.25, -0.2) is 0 Å². The summed E-state index contributed by atoms with van der Waals surface area (Å²) in [5.41, 5.74) is 7.20. The van der Waals surface area contributed by atoms with Crippen LogP contribution in [-0.2, 0) is 0 Å². The fourth-order valence-electron chi connectivity index (χ4n) is 3.21. The molecule has 2 rings (SSSR count). The average Bonchev–Trinajstić information content (AvgIpc) is 3.03. The van der Waals surface area contributed by atoms with Gasteiger partial charge in [0, 0.05) is 31.9 Å². The van der Waals surface area contributed by atoms with Crippen molar-refractivity contribution in [3.05, 3.63) is 18.0 Å². The van der Waals surface area contributed by atoms with E-state index in [1.54, 1.807) is 6.07 Å². The summed E-state index contributed by atoms with van der Waals surface area (Å²) in [7, 11) is 1.89. The topological polar surface area (TPSA) is 54.5 Å². The second-order valence-corrected chi connectivity index (χ2v) is 6.27. The van der Waals surface area contributed by atoms with Crippen LogP contribution < -0.4 is 5.73 Å². The normalized spacial score (nSPS) is 19.4. The van der Waals surface area contributed by atoms with Gasteiger partial charge < -0.3 is 15.2 Å². The quantitative estimate of drug-likeness (QED) is 0.905. The minimum absolute atomic E-state index is 0.0587. The fourth-order valence-corrected chi connectivity index (χ4v) is 3.21. The van der Waals surface area contributed by atoms with Crippen LogP contribution in [0.2, 0.25) is 0 Å². The summed E-state index contributed by atoms with van der Waals surface area (Å²) < 4.78 is 1.96. The Balaban J connectivity index is 2.09. The van der Waals surface area contributed by atoms with E-state index in [0.29, 0.717) is 17.4 Å². The zero-order valence-electron chi connectivity index (χ0n) is 13.7. The largest absolute Gasteiger partial charge is 0.397 e. The highest BCUT2D eigenvalue weighted by molar-refractivity contribution is 5.93. The van der Waals surface area contributed by atoms with Gasteiger partial charge in [0.2, 0.25) is 0 Å². The minimum Gasteiger partial charge on any atom is -0.397 e. The Morgan fingerprint density at radius 1 is 1.52 bits per heavy atom. The van der Waals surface area contributed by atoms with Gasteiger partial charge in [-0.05, 0) is 45.8 Å². The van der Waals surface area contributed by atoms with Crippen molar-refractivity contribution >= 4 is 11.6 Å². The number of nitrogens with zero attached hydrogens (tertiary/aromatic N) is 3. The second kappa shape index (κ2) is 6.52. The van der Waals surface area contributed by atoms with Crippen LogP contribution in [0.25, 0.3) is 0 Å². The van der Waals surface area contributed by atoms with Crippen LogP contribution >= 0.6 is 0 Å². The first-order valence-electron chi connectivity index (χ1n) is 7.90. The molecule has 1 fully saturated rings. The lowest BCUT2D eigenvalue weighted by atomic mass is 10.2. The molecule has 0 bridgehead atoms. The molecule has 0 spiro atoms. The standard InChI is InChI=1S/C16H28N4O/c1-5-19-8-6-7-14(19)11-18(4)16(21)15-9-13(17)10-20(15)12(2)3/h9-10,12,14H,5-8,11,17H2,1-4H3. The minimum atomic E-state index is 0.0587. The van der Waals surface area contributed by atoms with Gasteiger partial charge >= 0.3 is 0 Å². The first-order chi connectivity index (χ1) is 9.93. The van der Waals surface area contributed by atoms with Crippen LogP contribution in [0.15, 0.2) is 12.3 Å². The lowest BCUT2D eigenvalue weighted by Gasteiger charge is -2.28. The van der Waals surface area contributed by atoms with E-state index in [1.165, 1.54) is 12.8 Å². The molecule has 2 heterocycles. The number of rotatable bonds is 5. The Kier molecular flexibility index (Phi) is 4.93. The third kappa shape index (κ3) is 3.40. The van der Waals surface area contributed by atoms with E-state index >= 15 is 0 Å². The molecule has 1 saturated heterocycles. The fraction of sp³-hybridized carbons (Fsp3) is 0.688. The highest BCUT2D eigenvalue weighted by Crippen LogP contribution is 2.20. The SMILES string of the molecule is CCN1CCCC1CN(C)C(=O)c1cc(N)cn1C(C)C. The molecule has 1 aromatic rings. The summed E-state index contributed by atoms with van der Waals surface area (Å²) in [6.45, 7) is 9.30. The first-order valence-corrected chi connectivity index (χ1v) is 7.90. The summed E-state index contributed by atoms with van der Waals surface area (Å²) >= 11 is 0. The summed E-state index contributed by atoms with van der Waals surface area (Å²) in [6.07, 6.45) is 4.26. The zero-order chi connectivity index (χ0) is 15.6. The number of anilines is 1. The number of likely N-dealkylation sites (tertiary alicyclic amines) is 1. The predicted molar refractivity (Wildman–Crippen MR) is 86.5 cm³/mol. The lowest BCUT2D eigenvalue weighted by Crippen LogP contribution is -2.41. The van der Waals surface area contributed by atoms with Crippen molar-refractivity contribution in [2.45, 2.75) is 45.7 Å². The third-order valence-corrected chi connectivity index (χ3v) is 4.38. The van der Waals surface area contributed by atoms with Gasteiger partial charge in [0.1, 0.15) is 5.69 Å². The van der Waals surface area contributed by atoms with Crippen molar-refractivity contribution in [3.8, 4) is 0 Å². The van der Waals surface area contributed by atoms with Gasteiger partial charge in [-0.2, -0.15) is 0 Å². The number of aromatic nitrogens is 1. The lowest BCUT2D eigenvalue weighted by molar-refractivity contribution is 0.0742. The molecular formula is C16H28N4O. The van der Waals surface area contributed by atoms with Crippen molar-refractivity contribution in [3.63, 3.8) is 0 Å². The van der Waals surface area contributed by atoms with E-state index in [9.17, 15) is 4.79 Å². The predicted octanol–water partition coefficient (Wildman–Crippen LogP) is 2.21. The van der Waals surface area contributed by atoms with Crippen molar-refractivity contribution in [1.29, 1.82) is 0 Å². The van der Waals surface area contributed by atoms with Crippen LogP contribution in [0, 0.1) is 0 Å². The van der Waals surface area contributed by atoms with Gasteiger partial charge in [0.25, 0.3) is 5.91 Å². The van der Waals surface area contributed by atoms with E-state index < -0.39 is 0 Å². The number of nitrogen functional groups attached to an aromatic ring is 1. The Morgan fingerprint density at radius 3 is 2.86 bits per heavy atom. The van der Waals surface area contributed by atoms with E-state index in [-0.39, 0.29) is 11.9 Å². The van der Waals surface area contributed by atoms with E-state index in [1.807, 2.05) is 22.7 Å². The molecule has 5 heteroatoms. The van der Waals surface area contributed by atoms with Gasteiger partial charge in [-0.15, -0.1) is 0 Å². The number of carbonyl (C=O) groups is 1. The maximum absolute atomic E-state index is 12.7. The third-order valence-electron chi connectivity index (χ3n) is 4.38. The van der Waals surface area contributed by atoms with Gasteiger partial charge in [-0.3, -0.25) is 9.69 Å². The molecule has 1 unspecified atom stereocenters. The second-order valence-electron chi connectivity index (χ2n) is 6.27. The number of nitrogens with two attached hydrogens (primary N) is 1. The Bertz CT molecular complexity index is 494. The number of hydrogen-bond acceptors (Lipinski definition) is 3. The number of carbonyl (C=O) groups excluding carboxylic acids is 1. The Labute approximate surface area is 127 Å². The Hall–Kier alpha value is -1.49. The van der Waals surface area contributed by atoms with Gasteiger partial charge in [0.15, 0.2) is 0 Å². The molecule has 1 aromatic heterocycles. The van der Waals surface area contributed by atoms with Crippen molar-refractivity contribution in [2.75, 3.05) is 32.4 Å². The van der Waals surface area contributed by atoms with E-state index in [0.717, 1.165) is 19.6 Å². The van der Waals surface area contributed by atoms with Crippen molar-refractivity contribution in [2.24, 2.45) is 0 Å². The molecule has 118 valence electrons. The van der Waals surface area contributed by atoms with Crippen LogP contribution in [0.4, 0.5) is 5.69 Å². The van der Waals surface area contributed by atoms with Crippen LogP contribution in [0.5, 0.6) is 0 Å². The molecule has 0 saturated carbocycles. The van der Waals surface area contributed by atoms with Crippen molar-refractivity contribution in [1.82, 2.24) is 14.4 Å². The van der Waals surface area contributed by atoms with Crippen LogP contribution in [0.1, 0.15) is 50.1 Å². The zero-order valence-corrected chi connectivity index (χ0v) is 13.7. The highest BCUT2D eigenvalue weighted by Gasteiger charge is 2.27. The molecule has 1 atom stereocenters.